The molecule has 94 valence electrons. The second kappa shape index (κ2) is 4.33. The monoisotopic (exact) mass is 245 g/mol. The minimum atomic E-state index is -0.748. The smallest absolute Gasteiger partial charge is 0.326 e. The van der Waals surface area contributed by atoms with Crippen LogP contribution in [0.3, 0.4) is 0 Å². The molecule has 1 aromatic heterocycles. The Morgan fingerprint density at radius 2 is 2.33 bits per heavy atom. The van der Waals surface area contributed by atoms with E-state index in [4.69, 9.17) is 0 Å². The molecule has 1 unspecified atom stereocenters. The summed E-state index contributed by atoms with van der Waals surface area (Å²) < 4.78 is 0. The number of H-pyrrole nitrogens is 1. The number of aromatic amines is 1. The molecule has 2 aromatic rings. The number of aromatic nitrogens is 2. The Hall–Kier alpha value is -2.04. The maximum Gasteiger partial charge on any atom is 0.326 e. The number of piperidine rings is 1. The number of nitrogens with zero attached hydrogens (tertiary/aromatic N) is 2. The van der Waals surface area contributed by atoms with Crippen LogP contribution in [-0.2, 0) is 4.79 Å². The third-order valence-corrected chi connectivity index (χ3v) is 3.53. The standard InChI is InChI=1S/C13H15N3O2/c17-13(18)11-5-1-2-7-16(11)10-6-3-4-9-12(10)15-8-14-9/h3-4,6,8,11H,1-2,5,7H2,(H,14,15)(H,17,18). The van der Waals surface area contributed by atoms with Crippen LogP contribution in [0.4, 0.5) is 5.69 Å². The van der Waals surface area contributed by atoms with Gasteiger partial charge in [-0.05, 0) is 31.4 Å². The van der Waals surface area contributed by atoms with E-state index in [0.717, 1.165) is 36.1 Å². The SMILES string of the molecule is O=C(O)C1CCCCN1c1cccc2[nH]cnc12. The number of carboxylic acids is 1. The Kier molecular flexibility index (Phi) is 2.66. The number of aliphatic carboxylic acids is 1. The summed E-state index contributed by atoms with van der Waals surface area (Å²) in [5, 5.41) is 9.32. The molecule has 0 bridgehead atoms. The van der Waals surface area contributed by atoms with Crippen LogP contribution in [0.5, 0.6) is 0 Å². The topological polar surface area (TPSA) is 69.2 Å². The molecule has 0 spiro atoms. The van der Waals surface area contributed by atoms with Crippen LogP contribution in [0.15, 0.2) is 24.5 Å². The second-order valence-electron chi connectivity index (χ2n) is 4.62. The lowest BCUT2D eigenvalue weighted by Gasteiger charge is -2.34. The van der Waals surface area contributed by atoms with Crippen LogP contribution in [0.1, 0.15) is 19.3 Å². The summed E-state index contributed by atoms with van der Waals surface area (Å²) in [7, 11) is 0. The largest absolute Gasteiger partial charge is 0.480 e. The van der Waals surface area contributed by atoms with E-state index in [9.17, 15) is 9.90 Å². The molecule has 1 saturated heterocycles. The Morgan fingerprint density at radius 1 is 1.44 bits per heavy atom. The van der Waals surface area contributed by atoms with Crippen LogP contribution in [-0.4, -0.2) is 33.6 Å². The fourth-order valence-corrected chi connectivity index (χ4v) is 2.66. The quantitative estimate of drug-likeness (QED) is 0.849. The van der Waals surface area contributed by atoms with E-state index in [1.165, 1.54) is 0 Å². The highest BCUT2D eigenvalue weighted by atomic mass is 16.4. The average molecular weight is 245 g/mol. The lowest BCUT2D eigenvalue weighted by Crippen LogP contribution is -2.44. The highest BCUT2D eigenvalue weighted by Gasteiger charge is 2.29. The maximum atomic E-state index is 11.3. The van der Waals surface area contributed by atoms with Gasteiger partial charge >= 0.3 is 5.97 Å². The molecule has 5 heteroatoms. The molecule has 2 N–H and O–H groups in total. The number of benzene rings is 1. The zero-order valence-electron chi connectivity index (χ0n) is 9.97. The van der Waals surface area contributed by atoms with Gasteiger partial charge in [-0.15, -0.1) is 0 Å². The fourth-order valence-electron chi connectivity index (χ4n) is 2.66. The first-order valence-electron chi connectivity index (χ1n) is 6.19. The van der Waals surface area contributed by atoms with Gasteiger partial charge in [0.1, 0.15) is 11.6 Å². The first-order valence-corrected chi connectivity index (χ1v) is 6.19. The van der Waals surface area contributed by atoms with Crippen molar-refractivity contribution in [2.24, 2.45) is 0 Å². The summed E-state index contributed by atoms with van der Waals surface area (Å²) in [6.07, 6.45) is 4.36. The highest BCUT2D eigenvalue weighted by molar-refractivity contribution is 5.91. The van der Waals surface area contributed by atoms with Gasteiger partial charge in [0.25, 0.3) is 0 Å². The second-order valence-corrected chi connectivity index (χ2v) is 4.62. The van der Waals surface area contributed by atoms with Crippen molar-refractivity contribution < 1.29 is 9.90 Å². The molecule has 0 amide bonds. The third-order valence-electron chi connectivity index (χ3n) is 3.53. The van der Waals surface area contributed by atoms with Gasteiger partial charge in [-0.3, -0.25) is 0 Å². The Bertz CT molecular complexity index is 578. The molecule has 2 heterocycles. The highest BCUT2D eigenvalue weighted by Crippen LogP contribution is 2.29. The Morgan fingerprint density at radius 3 is 3.17 bits per heavy atom. The number of carboxylic acid groups (broad SMARTS) is 1. The van der Waals surface area contributed by atoms with E-state index in [0.29, 0.717) is 6.42 Å². The number of hydrogen-bond donors (Lipinski definition) is 2. The number of para-hydroxylation sites is 1. The van der Waals surface area contributed by atoms with Gasteiger partial charge in [0, 0.05) is 6.54 Å². The van der Waals surface area contributed by atoms with E-state index < -0.39 is 12.0 Å². The molecule has 0 radical (unpaired) electrons. The van der Waals surface area contributed by atoms with Crippen molar-refractivity contribution in [3.8, 4) is 0 Å². The maximum absolute atomic E-state index is 11.3. The normalized spacial score (nSPS) is 20.2. The zero-order chi connectivity index (χ0) is 12.5. The minimum Gasteiger partial charge on any atom is -0.480 e. The molecular formula is C13H15N3O2. The molecule has 0 aliphatic carbocycles. The predicted molar refractivity (Wildman–Crippen MR) is 68.7 cm³/mol. The Labute approximate surface area is 104 Å². The van der Waals surface area contributed by atoms with E-state index in [2.05, 4.69) is 9.97 Å². The molecule has 1 fully saturated rings. The van der Waals surface area contributed by atoms with E-state index in [1.54, 1.807) is 6.33 Å². The number of carbonyl (C=O) groups is 1. The van der Waals surface area contributed by atoms with Crippen molar-refractivity contribution in [1.82, 2.24) is 9.97 Å². The summed E-state index contributed by atoms with van der Waals surface area (Å²) in [4.78, 5) is 20.7. The van der Waals surface area contributed by atoms with Crippen LogP contribution in [0.25, 0.3) is 11.0 Å². The third kappa shape index (κ3) is 1.72. The van der Waals surface area contributed by atoms with Crippen molar-refractivity contribution in [2.75, 3.05) is 11.4 Å². The van der Waals surface area contributed by atoms with Crippen LogP contribution >= 0.6 is 0 Å². The van der Waals surface area contributed by atoms with Crippen molar-refractivity contribution >= 4 is 22.7 Å². The molecule has 5 nitrogen and oxygen atoms in total. The Balaban J connectivity index is 2.06. The summed E-state index contributed by atoms with van der Waals surface area (Å²) in [5.41, 5.74) is 2.72. The molecule has 1 aliphatic heterocycles. The molecule has 1 atom stereocenters. The van der Waals surface area contributed by atoms with Gasteiger partial charge in [0.2, 0.25) is 0 Å². The average Bonchev–Trinajstić information content (AvgIpc) is 2.86. The molecule has 18 heavy (non-hydrogen) atoms. The van der Waals surface area contributed by atoms with Gasteiger partial charge in [-0.2, -0.15) is 0 Å². The van der Waals surface area contributed by atoms with Crippen molar-refractivity contribution in [3.05, 3.63) is 24.5 Å². The lowest BCUT2D eigenvalue weighted by molar-refractivity contribution is -0.139. The summed E-state index contributed by atoms with van der Waals surface area (Å²) in [5.74, 6) is -0.748. The van der Waals surface area contributed by atoms with Crippen molar-refractivity contribution in [2.45, 2.75) is 25.3 Å². The van der Waals surface area contributed by atoms with Crippen LogP contribution < -0.4 is 4.90 Å². The van der Waals surface area contributed by atoms with Crippen LogP contribution in [0.2, 0.25) is 0 Å². The van der Waals surface area contributed by atoms with Gasteiger partial charge in [-0.25, -0.2) is 9.78 Å². The number of anilines is 1. The van der Waals surface area contributed by atoms with E-state index in [-0.39, 0.29) is 0 Å². The number of nitrogens with one attached hydrogen (secondary N) is 1. The summed E-state index contributed by atoms with van der Waals surface area (Å²) in [6.45, 7) is 0.781. The molecule has 1 aromatic carbocycles. The lowest BCUT2D eigenvalue weighted by atomic mass is 10.0. The van der Waals surface area contributed by atoms with Crippen molar-refractivity contribution in [1.29, 1.82) is 0 Å². The molecule has 3 rings (SSSR count). The zero-order valence-corrected chi connectivity index (χ0v) is 9.97. The van der Waals surface area contributed by atoms with Crippen molar-refractivity contribution in [3.63, 3.8) is 0 Å². The number of rotatable bonds is 2. The van der Waals surface area contributed by atoms with Gasteiger partial charge in [0.05, 0.1) is 17.5 Å². The van der Waals surface area contributed by atoms with Gasteiger partial charge in [-0.1, -0.05) is 6.07 Å². The summed E-state index contributed by atoms with van der Waals surface area (Å²) in [6, 6.07) is 5.40. The van der Waals surface area contributed by atoms with Gasteiger partial charge < -0.3 is 15.0 Å². The van der Waals surface area contributed by atoms with Gasteiger partial charge in [0.15, 0.2) is 0 Å². The predicted octanol–water partition coefficient (Wildman–Crippen LogP) is 2.01. The first kappa shape index (κ1) is 11.1. The van der Waals surface area contributed by atoms with E-state index >= 15 is 0 Å². The van der Waals surface area contributed by atoms with E-state index in [1.807, 2.05) is 23.1 Å². The fraction of sp³-hybridized carbons (Fsp3) is 0.385. The number of hydrogen-bond acceptors (Lipinski definition) is 3. The molecule has 0 saturated carbocycles. The molecule has 1 aliphatic rings. The number of imidazole rings is 1. The molecular weight excluding hydrogens is 230 g/mol. The first-order chi connectivity index (χ1) is 8.77. The summed E-state index contributed by atoms with van der Waals surface area (Å²) >= 11 is 0. The minimum absolute atomic E-state index is 0.430. The number of fused-ring (bicyclic) bond motifs is 1. The van der Waals surface area contributed by atoms with Crippen LogP contribution in [0, 0.1) is 0 Å².